The van der Waals surface area contributed by atoms with Gasteiger partial charge in [-0.2, -0.15) is 11.8 Å². The number of hydrogen-bond acceptors (Lipinski definition) is 7. The van der Waals surface area contributed by atoms with E-state index in [-0.39, 0.29) is 17.4 Å². The molecule has 0 bridgehead atoms. The van der Waals surface area contributed by atoms with Crippen molar-refractivity contribution >= 4 is 43.6 Å². The third-order valence-electron chi connectivity index (χ3n) is 6.32. The summed E-state index contributed by atoms with van der Waals surface area (Å²) in [7, 11) is -2.18. The monoisotopic (exact) mass is 455 g/mol. The lowest BCUT2D eigenvalue weighted by molar-refractivity contribution is -0.182. The lowest BCUT2D eigenvalue weighted by Crippen LogP contribution is -2.71. The van der Waals surface area contributed by atoms with Crippen LogP contribution < -0.4 is 0 Å². The number of esters is 1. The van der Waals surface area contributed by atoms with Crippen molar-refractivity contribution < 1.29 is 28.3 Å². The Morgan fingerprint density at radius 2 is 1.97 bits per heavy atom. The van der Waals surface area contributed by atoms with Crippen molar-refractivity contribution in [1.29, 1.82) is 0 Å². The zero-order chi connectivity index (χ0) is 22.9. The van der Waals surface area contributed by atoms with Gasteiger partial charge in [0.05, 0.1) is 18.1 Å². The van der Waals surface area contributed by atoms with Crippen LogP contribution >= 0.6 is 11.8 Å². The number of amides is 2. The highest BCUT2D eigenvalue weighted by atomic mass is 32.2. The van der Waals surface area contributed by atoms with Crippen molar-refractivity contribution in [2.75, 3.05) is 18.1 Å². The summed E-state index contributed by atoms with van der Waals surface area (Å²) in [4.78, 5) is 51.3. The molecule has 0 saturated carbocycles. The van der Waals surface area contributed by atoms with Crippen molar-refractivity contribution in [3.05, 3.63) is 12.7 Å². The number of nitrogens with zero attached hydrogens (tertiary/aromatic N) is 1. The van der Waals surface area contributed by atoms with E-state index in [1.165, 1.54) is 6.08 Å². The summed E-state index contributed by atoms with van der Waals surface area (Å²) in [5.41, 5.74) is 0. The maximum absolute atomic E-state index is 13.0. The Morgan fingerprint density at radius 3 is 2.50 bits per heavy atom. The number of Topliss-reactive ketones (excluding diaryl/α,β-unsaturated/α-hetero) is 1. The van der Waals surface area contributed by atoms with Gasteiger partial charge in [-0.25, -0.2) is 4.79 Å². The highest BCUT2D eigenvalue weighted by molar-refractivity contribution is 7.99. The normalized spacial score (nSPS) is 26.1. The molecule has 2 aliphatic rings. The minimum absolute atomic E-state index is 0.0213. The molecule has 2 fully saturated rings. The van der Waals surface area contributed by atoms with E-state index >= 15 is 0 Å². The van der Waals surface area contributed by atoms with Crippen molar-refractivity contribution in [3.8, 4) is 0 Å². The zero-order valence-electron chi connectivity index (χ0n) is 18.7. The summed E-state index contributed by atoms with van der Waals surface area (Å²) in [6.07, 6.45) is 1.28. The number of ketones is 1. The molecule has 0 aliphatic carbocycles. The predicted molar refractivity (Wildman–Crippen MR) is 118 cm³/mol. The average molecular weight is 456 g/mol. The van der Waals surface area contributed by atoms with Gasteiger partial charge in [0.15, 0.2) is 8.32 Å². The van der Waals surface area contributed by atoms with E-state index in [0.717, 1.165) is 10.7 Å². The van der Waals surface area contributed by atoms with Gasteiger partial charge in [-0.1, -0.05) is 33.4 Å². The fourth-order valence-corrected chi connectivity index (χ4v) is 6.22. The molecule has 2 rings (SSSR count). The molecule has 2 heterocycles. The highest BCUT2D eigenvalue weighted by Crippen LogP contribution is 2.43. The molecule has 0 spiro atoms. The molecule has 0 aromatic rings. The SMILES string of the molecule is C=CCOC(=O)C(=O)N1C(=O)[C@H]([C@@H](C)O[Si](C)(C)C(C)(C)C)[C@H]1[C@@H]1CSCCC1=O. The number of imide groups is 1. The van der Waals surface area contributed by atoms with E-state index in [1.54, 1.807) is 11.8 Å². The first-order valence-electron chi connectivity index (χ1n) is 10.3. The Kier molecular flexibility index (Phi) is 7.74. The Labute approximate surface area is 184 Å². The molecule has 0 N–H and O–H groups in total. The molecule has 0 radical (unpaired) electrons. The Morgan fingerprint density at radius 1 is 1.33 bits per heavy atom. The minimum Gasteiger partial charge on any atom is -0.454 e. The summed E-state index contributed by atoms with van der Waals surface area (Å²) >= 11 is 1.62. The number of carbonyl (C=O) groups is 4. The van der Waals surface area contributed by atoms with Crippen molar-refractivity contribution in [1.82, 2.24) is 4.90 Å². The van der Waals surface area contributed by atoms with Gasteiger partial charge >= 0.3 is 11.9 Å². The third-order valence-corrected chi connectivity index (χ3v) is 12.0. The lowest BCUT2D eigenvalue weighted by Gasteiger charge is -2.52. The molecule has 30 heavy (non-hydrogen) atoms. The first-order chi connectivity index (χ1) is 13.8. The second-order valence-electron chi connectivity index (χ2n) is 9.40. The minimum atomic E-state index is -2.18. The van der Waals surface area contributed by atoms with Crippen molar-refractivity contribution in [2.24, 2.45) is 11.8 Å². The van der Waals surface area contributed by atoms with E-state index in [2.05, 4.69) is 40.4 Å². The molecule has 2 aliphatic heterocycles. The molecule has 7 nitrogen and oxygen atoms in total. The van der Waals surface area contributed by atoms with E-state index in [0.29, 0.717) is 12.2 Å². The molecule has 9 heteroatoms. The standard InChI is InChI=1S/C21H33NO6SSi/c1-8-10-27-20(26)19(25)22-17(14-12-29-11-9-15(14)23)16(18(22)24)13(2)28-30(6,7)21(3,4)5/h8,13-14,16-17H,1,9-12H2,2-7H3/t13-,14-,16-,17-/m1/s1. The highest BCUT2D eigenvalue weighted by Gasteiger charge is 2.60. The Bertz CT molecular complexity index is 731. The van der Waals surface area contributed by atoms with E-state index < -0.39 is 50.1 Å². The summed E-state index contributed by atoms with van der Waals surface area (Å²) in [6, 6.07) is -0.679. The van der Waals surface area contributed by atoms with Crippen LogP contribution in [0.5, 0.6) is 0 Å². The number of ether oxygens (including phenoxy) is 1. The van der Waals surface area contributed by atoms with Crippen LogP contribution in [0, 0.1) is 11.8 Å². The number of hydrogen-bond donors (Lipinski definition) is 0. The first-order valence-corrected chi connectivity index (χ1v) is 14.3. The molecule has 2 saturated heterocycles. The first kappa shape index (κ1) is 24.8. The number of likely N-dealkylation sites (tertiary alicyclic amines) is 1. The van der Waals surface area contributed by atoms with E-state index in [9.17, 15) is 19.2 Å². The van der Waals surface area contributed by atoms with Gasteiger partial charge in [-0.3, -0.25) is 19.3 Å². The van der Waals surface area contributed by atoms with Crippen LogP contribution in [0.4, 0.5) is 0 Å². The Hall–Kier alpha value is -1.45. The molecule has 4 atom stereocenters. The summed E-state index contributed by atoms with van der Waals surface area (Å²) in [5.74, 6) is -2.47. The smallest absolute Gasteiger partial charge is 0.397 e. The van der Waals surface area contributed by atoms with Gasteiger partial charge in [0.2, 0.25) is 5.91 Å². The van der Waals surface area contributed by atoms with Gasteiger partial charge in [0.1, 0.15) is 12.4 Å². The summed E-state index contributed by atoms with van der Waals surface area (Å²) in [6.45, 7) is 15.7. The number of β-lactam (4-membered cyclic amide) rings is 1. The van der Waals surface area contributed by atoms with Crippen molar-refractivity contribution in [2.45, 2.75) is 64.4 Å². The quantitative estimate of drug-likeness (QED) is 0.200. The van der Waals surface area contributed by atoms with Crippen LogP contribution in [-0.4, -0.2) is 67.0 Å². The van der Waals surface area contributed by atoms with Gasteiger partial charge < -0.3 is 9.16 Å². The van der Waals surface area contributed by atoms with Crippen LogP contribution in [0.15, 0.2) is 12.7 Å². The molecule has 0 aromatic heterocycles. The number of rotatable bonds is 6. The van der Waals surface area contributed by atoms with Gasteiger partial charge in [0, 0.05) is 23.8 Å². The third kappa shape index (κ3) is 4.89. The van der Waals surface area contributed by atoms with Gasteiger partial charge in [-0.05, 0) is 25.1 Å². The van der Waals surface area contributed by atoms with E-state index in [1.807, 2.05) is 6.92 Å². The summed E-state index contributed by atoms with van der Waals surface area (Å²) in [5, 5.41) is -0.0515. The molecule has 0 unspecified atom stereocenters. The lowest BCUT2D eigenvalue weighted by atomic mass is 9.74. The van der Waals surface area contributed by atoms with Gasteiger partial charge in [-0.15, -0.1) is 0 Å². The van der Waals surface area contributed by atoms with Gasteiger partial charge in [0.25, 0.3) is 0 Å². The van der Waals surface area contributed by atoms with E-state index in [4.69, 9.17) is 9.16 Å². The molecule has 168 valence electrons. The molecule has 2 amide bonds. The Balaban J connectivity index is 2.29. The zero-order valence-corrected chi connectivity index (χ0v) is 20.5. The van der Waals surface area contributed by atoms with Crippen LogP contribution in [0.25, 0.3) is 0 Å². The van der Waals surface area contributed by atoms with Crippen LogP contribution in [0.1, 0.15) is 34.1 Å². The van der Waals surface area contributed by atoms with Crippen molar-refractivity contribution in [3.63, 3.8) is 0 Å². The average Bonchev–Trinajstić information content (AvgIpc) is 2.63. The second-order valence-corrected chi connectivity index (χ2v) is 15.3. The predicted octanol–water partition coefficient (Wildman–Crippen LogP) is 2.80. The second kappa shape index (κ2) is 9.36. The summed E-state index contributed by atoms with van der Waals surface area (Å²) < 4.78 is 11.2. The maximum atomic E-state index is 13.0. The molecular weight excluding hydrogens is 422 g/mol. The molecule has 0 aromatic carbocycles. The van der Waals surface area contributed by atoms with Crippen LogP contribution in [0.2, 0.25) is 18.1 Å². The van der Waals surface area contributed by atoms with Crippen LogP contribution in [0.3, 0.4) is 0 Å². The topological polar surface area (TPSA) is 90.0 Å². The fraction of sp³-hybridized carbons (Fsp3) is 0.714. The fourth-order valence-electron chi connectivity index (χ4n) is 3.64. The molecular formula is C21H33NO6SSi. The maximum Gasteiger partial charge on any atom is 0.397 e. The number of carbonyl (C=O) groups excluding carboxylic acids is 4. The largest absolute Gasteiger partial charge is 0.454 e. The number of thioether (sulfide) groups is 1. The van der Waals surface area contributed by atoms with Crippen LogP contribution in [-0.2, 0) is 28.3 Å².